The van der Waals surface area contributed by atoms with Crippen molar-refractivity contribution in [2.24, 2.45) is 11.5 Å². The van der Waals surface area contributed by atoms with Crippen molar-refractivity contribution in [2.75, 3.05) is 26.3 Å². The van der Waals surface area contributed by atoms with Gasteiger partial charge in [0.25, 0.3) is 0 Å². The first-order valence-electron chi connectivity index (χ1n) is 10.4. The van der Waals surface area contributed by atoms with Crippen LogP contribution in [0.4, 0.5) is 0 Å². The predicted octanol–water partition coefficient (Wildman–Crippen LogP) is 4.12. The fourth-order valence-electron chi connectivity index (χ4n) is 2.63. The molecule has 0 saturated carbocycles. The highest BCUT2D eigenvalue weighted by Crippen LogP contribution is 2.10. The molecule has 0 amide bonds. The number of nitrogens with two attached hydrogens (primary N) is 2. The highest BCUT2D eigenvalue weighted by Gasteiger charge is 1.92. The number of aliphatic hydroxyl groups is 2. The Morgan fingerprint density at radius 3 is 0.750 bits per heavy atom. The van der Waals surface area contributed by atoms with Gasteiger partial charge in [-0.25, -0.2) is 0 Å². The lowest BCUT2D eigenvalue weighted by Crippen LogP contribution is -1.97. The van der Waals surface area contributed by atoms with E-state index in [0.717, 1.165) is 32.4 Å². The summed E-state index contributed by atoms with van der Waals surface area (Å²) in [5.74, 6) is 0. The van der Waals surface area contributed by atoms with Gasteiger partial charge >= 0.3 is 0 Å². The van der Waals surface area contributed by atoms with E-state index in [1.54, 1.807) is 0 Å². The van der Waals surface area contributed by atoms with Crippen LogP contribution in [0.3, 0.4) is 0 Å². The summed E-state index contributed by atoms with van der Waals surface area (Å²) in [7, 11) is 0. The predicted molar refractivity (Wildman–Crippen MR) is 106 cm³/mol. The summed E-state index contributed by atoms with van der Waals surface area (Å²) in [5, 5.41) is 17.0. The van der Waals surface area contributed by atoms with Crippen LogP contribution in [0.5, 0.6) is 0 Å². The van der Waals surface area contributed by atoms with E-state index < -0.39 is 0 Å². The molecule has 0 aliphatic rings. The van der Waals surface area contributed by atoms with E-state index in [0.29, 0.717) is 13.2 Å². The summed E-state index contributed by atoms with van der Waals surface area (Å²) in [5.41, 5.74) is 10.7. The van der Waals surface area contributed by atoms with Crippen LogP contribution in [0.1, 0.15) is 103 Å². The summed E-state index contributed by atoms with van der Waals surface area (Å²) in [4.78, 5) is 0. The van der Waals surface area contributed by atoms with Gasteiger partial charge in [-0.1, -0.05) is 77.0 Å². The Balaban J connectivity index is 0. The second-order valence-electron chi connectivity index (χ2n) is 6.68. The first-order chi connectivity index (χ1) is 11.8. The smallest absolute Gasteiger partial charge is 0.0431 e. The summed E-state index contributed by atoms with van der Waals surface area (Å²) in [6, 6.07) is 0. The van der Waals surface area contributed by atoms with Gasteiger partial charge in [-0.15, -0.1) is 0 Å². The lowest BCUT2D eigenvalue weighted by atomic mass is 10.1. The summed E-state index contributed by atoms with van der Waals surface area (Å²) < 4.78 is 0. The van der Waals surface area contributed by atoms with E-state index in [2.05, 4.69) is 0 Å². The van der Waals surface area contributed by atoms with Gasteiger partial charge in [0, 0.05) is 13.2 Å². The van der Waals surface area contributed by atoms with E-state index in [1.165, 1.54) is 83.5 Å². The maximum atomic E-state index is 8.58. The normalized spacial score (nSPS) is 10.5. The fraction of sp³-hybridized carbons (Fsp3) is 1.00. The van der Waals surface area contributed by atoms with Gasteiger partial charge < -0.3 is 21.7 Å². The molecule has 0 spiro atoms. The molecule has 0 bridgehead atoms. The molecule has 0 aromatic heterocycles. The summed E-state index contributed by atoms with van der Waals surface area (Å²) in [6.45, 7) is 2.37. The Morgan fingerprint density at radius 1 is 0.333 bits per heavy atom. The molecular weight excluding hydrogens is 300 g/mol. The van der Waals surface area contributed by atoms with E-state index >= 15 is 0 Å². The van der Waals surface area contributed by atoms with E-state index in [4.69, 9.17) is 21.7 Å². The summed E-state index contributed by atoms with van der Waals surface area (Å²) >= 11 is 0. The highest BCUT2D eigenvalue weighted by atomic mass is 16.3. The molecule has 0 heterocycles. The molecule has 4 heteroatoms. The minimum absolute atomic E-state index is 0.344. The zero-order valence-corrected chi connectivity index (χ0v) is 16.2. The molecular formula is C20H46N2O2. The maximum absolute atomic E-state index is 8.58. The van der Waals surface area contributed by atoms with Crippen LogP contribution in [0.25, 0.3) is 0 Å². The van der Waals surface area contributed by atoms with Gasteiger partial charge in [0.1, 0.15) is 0 Å². The lowest BCUT2D eigenvalue weighted by Gasteiger charge is -2.01. The van der Waals surface area contributed by atoms with Crippen molar-refractivity contribution in [1.82, 2.24) is 0 Å². The third-order valence-electron chi connectivity index (χ3n) is 4.22. The maximum Gasteiger partial charge on any atom is 0.0431 e. The molecule has 0 rings (SSSR count). The van der Waals surface area contributed by atoms with Crippen LogP contribution >= 0.6 is 0 Å². The quantitative estimate of drug-likeness (QED) is 0.281. The van der Waals surface area contributed by atoms with Gasteiger partial charge in [-0.2, -0.15) is 0 Å². The minimum Gasteiger partial charge on any atom is -0.396 e. The van der Waals surface area contributed by atoms with Crippen LogP contribution in [0.2, 0.25) is 0 Å². The molecule has 6 N–H and O–H groups in total. The molecule has 0 fully saturated rings. The van der Waals surface area contributed by atoms with Crippen molar-refractivity contribution >= 4 is 0 Å². The Kier molecular flexibility index (Phi) is 30.1. The number of aliphatic hydroxyl groups excluding tert-OH is 2. The molecule has 4 nitrogen and oxygen atoms in total. The zero-order valence-electron chi connectivity index (χ0n) is 16.2. The Labute approximate surface area is 151 Å². The topological polar surface area (TPSA) is 92.5 Å². The van der Waals surface area contributed by atoms with Crippen molar-refractivity contribution in [1.29, 1.82) is 0 Å². The minimum atomic E-state index is 0.344. The zero-order chi connectivity index (χ0) is 18.1. The molecule has 0 radical (unpaired) electrons. The molecule has 0 aromatic carbocycles. The molecule has 0 aliphatic carbocycles. The van der Waals surface area contributed by atoms with Gasteiger partial charge in [-0.3, -0.25) is 0 Å². The van der Waals surface area contributed by atoms with Gasteiger partial charge in [0.15, 0.2) is 0 Å². The standard InChI is InChI=1S/C12H27NO.C8H19NO/c13-11-9-7-5-3-1-2-4-6-8-10-12-14;9-7-5-3-1-2-4-6-8-10/h14H,1-13H2;10H,1-9H2. The van der Waals surface area contributed by atoms with Crippen LogP contribution in [-0.2, 0) is 0 Å². The fourth-order valence-corrected chi connectivity index (χ4v) is 2.63. The van der Waals surface area contributed by atoms with E-state index in [-0.39, 0.29) is 0 Å². The Bertz CT molecular complexity index is 172. The number of hydrogen-bond donors (Lipinski definition) is 4. The Morgan fingerprint density at radius 2 is 0.542 bits per heavy atom. The van der Waals surface area contributed by atoms with Crippen molar-refractivity contribution < 1.29 is 10.2 Å². The van der Waals surface area contributed by atoms with Gasteiger partial charge in [-0.05, 0) is 38.8 Å². The first kappa shape index (κ1) is 26.1. The number of unbranched alkanes of at least 4 members (excludes halogenated alkanes) is 14. The van der Waals surface area contributed by atoms with Crippen LogP contribution in [0.15, 0.2) is 0 Å². The molecule has 0 aliphatic heterocycles. The largest absolute Gasteiger partial charge is 0.396 e. The average Bonchev–Trinajstić information content (AvgIpc) is 2.60. The van der Waals surface area contributed by atoms with Gasteiger partial charge in [0.2, 0.25) is 0 Å². The number of hydrogen-bond acceptors (Lipinski definition) is 4. The molecule has 148 valence electrons. The van der Waals surface area contributed by atoms with Crippen LogP contribution in [-0.4, -0.2) is 36.5 Å². The van der Waals surface area contributed by atoms with Crippen molar-refractivity contribution in [3.05, 3.63) is 0 Å². The SMILES string of the molecule is NCCCCCCCCCCCCO.NCCCCCCCCO. The molecule has 0 saturated heterocycles. The molecule has 0 aromatic rings. The lowest BCUT2D eigenvalue weighted by molar-refractivity contribution is 0.282. The highest BCUT2D eigenvalue weighted by molar-refractivity contribution is 4.48. The van der Waals surface area contributed by atoms with Crippen molar-refractivity contribution in [2.45, 2.75) is 103 Å². The summed E-state index contributed by atoms with van der Waals surface area (Å²) in [6.07, 6.45) is 19.9. The first-order valence-corrected chi connectivity index (χ1v) is 10.4. The average molecular weight is 347 g/mol. The monoisotopic (exact) mass is 346 g/mol. The van der Waals surface area contributed by atoms with Gasteiger partial charge in [0.05, 0.1) is 0 Å². The van der Waals surface area contributed by atoms with Crippen molar-refractivity contribution in [3.63, 3.8) is 0 Å². The molecule has 0 atom stereocenters. The Hall–Kier alpha value is -0.160. The molecule has 24 heavy (non-hydrogen) atoms. The second-order valence-corrected chi connectivity index (χ2v) is 6.68. The van der Waals surface area contributed by atoms with Crippen LogP contribution < -0.4 is 11.5 Å². The van der Waals surface area contributed by atoms with Crippen LogP contribution in [0, 0.1) is 0 Å². The number of rotatable bonds is 18. The third-order valence-corrected chi connectivity index (χ3v) is 4.22. The van der Waals surface area contributed by atoms with E-state index in [9.17, 15) is 0 Å². The van der Waals surface area contributed by atoms with Crippen molar-refractivity contribution in [3.8, 4) is 0 Å². The molecule has 0 unspecified atom stereocenters. The third kappa shape index (κ3) is 29.8. The second kappa shape index (κ2) is 27.7. The van der Waals surface area contributed by atoms with E-state index in [1.807, 2.05) is 0 Å².